The average Bonchev–Trinajstić information content (AvgIpc) is 2.06. The van der Waals surface area contributed by atoms with E-state index >= 15 is 0 Å². The Kier molecular flexibility index (Phi) is 3.99. The molecule has 0 amide bonds. The van der Waals surface area contributed by atoms with Crippen LogP contribution in [-0.2, 0) is 15.6 Å². The third kappa shape index (κ3) is 4.88. The number of aryl methyl sites for hydroxylation is 2. The molecule has 0 fully saturated rings. The third-order valence-corrected chi connectivity index (χ3v) is 4.41. The molecule has 0 heterocycles. The van der Waals surface area contributed by atoms with Crippen LogP contribution in [0.25, 0.3) is 0 Å². The predicted molar refractivity (Wildman–Crippen MR) is 71.7 cm³/mol. The van der Waals surface area contributed by atoms with Crippen molar-refractivity contribution in [3.05, 3.63) is 34.9 Å². The summed E-state index contributed by atoms with van der Waals surface area (Å²) in [5.74, 6) is 0.0779. The Balaban J connectivity index is 2.94. The summed E-state index contributed by atoms with van der Waals surface area (Å²) in [6.45, 7) is 7.35. The number of hydrogen-bond donors (Lipinski definition) is 1. The van der Waals surface area contributed by atoms with E-state index in [2.05, 4.69) is 0 Å². The minimum absolute atomic E-state index is 0.00732. The molecular formula is C13H21NO2S. The lowest BCUT2D eigenvalue weighted by atomic mass is 10.1. The van der Waals surface area contributed by atoms with Gasteiger partial charge in [0.2, 0.25) is 0 Å². The molecule has 0 saturated carbocycles. The summed E-state index contributed by atoms with van der Waals surface area (Å²) < 4.78 is 24.0. The molecule has 1 aromatic carbocycles. The Morgan fingerprint density at radius 3 is 2.35 bits per heavy atom. The summed E-state index contributed by atoms with van der Waals surface area (Å²) in [5.41, 5.74) is 8.03. The lowest BCUT2D eigenvalue weighted by molar-refractivity contribution is 0.544. The van der Waals surface area contributed by atoms with Crippen LogP contribution in [0.5, 0.6) is 0 Å². The molecule has 0 radical (unpaired) electrons. The molecule has 0 atom stereocenters. The number of nitrogens with two attached hydrogens (primary N) is 1. The van der Waals surface area contributed by atoms with Crippen molar-refractivity contribution in [3.63, 3.8) is 0 Å². The summed E-state index contributed by atoms with van der Waals surface area (Å²) in [4.78, 5) is 0. The van der Waals surface area contributed by atoms with Gasteiger partial charge in [-0.05, 0) is 38.8 Å². The predicted octanol–water partition coefficient (Wildman–Crippen LogP) is 1.96. The molecule has 96 valence electrons. The molecule has 0 aliphatic rings. The van der Waals surface area contributed by atoms with Gasteiger partial charge >= 0.3 is 0 Å². The fourth-order valence-corrected chi connectivity index (χ4v) is 3.83. The first-order valence-corrected chi connectivity index (χ1v) is 7.47. The van der Waals surface area contributed by atoms with E-state index < -0.39 is 15.4 Å². The van der Waals surface area contributed by atoms with Crippen molar-refractivity contribution in [2.45, 2.75) is 39.0 Å². The lowest BCUT2D eigenvalue weighted by Crippen LogP contribution is -2.40. The first-order chi connectivity index (χ1) is 7.59. The monoisotopic (exact) mass is 255 g/mol. The van der Waals surface area contributed by atoms with Crippen LogP contribution in [0.15, 0.2) is 18.2 Å². The Morgan fingerprint density at radius 1 is 1.24 bits per heavy atom. The van der Waals surface area contributed by atoms with Crippen LogP contribution >= 0.6 is 0 Å². The molecule has 0 aliphatic heterocycles. The van der Waals surface area contributed by atoms with Crippen molar-refractivity contribution < 1.29 is 8.42 Å². The number of hydrogen-bond acceptors (Lipinski definition) is 3. The summed E-state index contributed by atoms with van der Waals surface area (Å²) >= 11 is 0. The minimum Gasteiger partial charge on any atom is -0.325 e. The van der Waals surface area contributed by atoms with Crippen LogP contribution in [-0.4, -0.2) is 19.7 Å². The molecule has 4 heteroatoms. The number of rotatable bonds is 4. The molecule has 0 bridgehead atoms. The normalized spacial score (nSPS) is 12.8. The maximum Gasteiger partial charge on any atom is 0.156 e. The highest BCUT2D eigenvalue weighted by atomic mass is 32.2. The number of sulfone groups is 1. The van der Waals surface area contributed by atoms with Crippen LogP contribution in [0.2, 0.25) is 0 Å². The fraction of sp³-hybridized carbons (Fsp3) is 0.538. The molecule has 1 rings (SSSR count). The van der Waals surface area contributed by atoms with E-state index in [1.165, 1.54) is 0 Å². The second kappa shape index (κ2) is 4.78. The summed E-state index contributed by atoms with van der Waals surface area (Å²) in [6, 6.07) is 5.86. The van der Waals surface area contributed by atoms with E-state index in [-0.39, 0.29) is 11.5 Å². The van der Waals surface area contributed by atoms with Gasteiger partial charge in [0, 0.05) is 5.54 Å². The second-order valence-corrected chi connectivity index (χ2v) is 7.52. The quantitative estimate of drug-likeness (QED) is 0.894. The molecule has 2 N–H and O–H groups in total. The lowest BCUT2D eigenvalue weighted by Gasteiger charge is -2.18. The van der Waals surface area contributed by atoms with Gasteiger partial charge in [0.25, 0.3) is 0 Å². The molecular weight excluding hydrogens is 234 g/mol. The molecule has 0 aliphatic carbocycles. The molecule has 0 aromatic heterocycles. The Labute approximate surface area is 104 Å². The summed E-state index contributed by atoms with van der Waals surface area (Å²) in [7, 11) is -3.16. The highest BCUT2D eigenvalue weighted by Crippen LogP contribution is 2.16. The summed E-state index contributed by atoms with van der Waals surface area (Å²) in [6.07, 6.45) is 0. The van der Waals surface area contributed by atoms with Crippen molar-refractivity contribution in [1.29, 1.82) is 0 Å². The number of benzene rings is 1. The maximum absolute atomic E-state index is 12.0. The van der Waals surface area contributed by atoms with Crippen molar-refractivity contribution in [2.75, 3.05) is 5.75 Å². The first-order valence-electron chi connectivity index (χ1n) is 5.64. The van der Waals surface area contributed by atoms with Crippen molar-refractivity contribution in [2.24, 2.45) is 5.73 Å². The van der Waals surface area contributed by atoms with Crippen LogP contribution in [0, 0.1) is 13.8 Å². The Morgan fingerprint density at radius 2 is 1.82 bits per heavy atom. The van der Waals surface area contributed by atoms with E-state index in [4.69, 9.17) is 5.73 Å². The van der Waals surface area contributed by atoms with Gasteiger partial charge in [-0.25, -0.2) is 8.42 Å². The third-order valence-electron chi connectivity index (χ3n) is 2.47. The van der Waals surface area contributed by atoms with Gasteiger partial charge in [0.05, 0.1) is 11.5 Å². The van der Waals surface area contributed by atoms with Gasteiger partial charge in [-0.3, -0.25) is 0 Å². The van der Waals surface area contributed by atoms with E-state index in [9.17, 15) is 8.42 Å². The van der Waals surface area contributed by atoms with E-state index in [0.717, 1.165) is 16.7 Å². The van der Waals surface area contributed by atoms with Crippen molar-refractivity contribution >= 4 is 9.84 Å². The summed E-state index contributed by atoms with van der Waals surface area (Å²) in [5, 5.41) is 0. The van der Waals surface area contributed by atoms with Crippen LogP contribution in [0.4, 0.5) is 0 Å². The molecule has 3 nitrogen and oxygen atoms in total. The van der Waals surface area contributed by atoms with Gasteiger partial charge < -0.3 is 5.73 Å². The van der Waals surface area contributed by atoms with Gasteiger partial charge in [0.1, 0.15) is 0 Å². The zero-order chi connectivity index (χ0) is 13.3. The fourth-order valence-electron chi connectivity index (χ4n) is 1.81. The second-order valence-electron chi connectivity index (χ2n) is 5.45. The molecule has 1 aromatic rings. The zero-order valence-corrected chi connectivity index (χ0v) is 11.8. The van der Waals surface area contributed by atoms with Crippen LogP contribution < -0.4 is 5.73 Å². The Hall–Kier alpha value is -0.870. The van der Waals surface area contributed by atoms with Gasteiger partial charge in [-0.15, -0.1) is 0 Å². The standard InChI is InChI=1S/C13H21NO2S/c1-10-5-6-11(2)12(7-10)8-17(15,16)9-13(3,4)14/h5-7H,8-9,14H2,1-4H3. The molecule has 17 heavy (non-hydrogen) atoms. The van der Waals surface area contributed by atoms with Gasteiger partial charge in [-0.2, -0.15) is 0 Å². The van der Waals surface area contributed by atoms with E-state index in [1.807, 2.05) is 32.0 Å². The Bertz CT molecular complexity index is 499. The van der Waals surface area contributed by atoms with E-state index in [1.54, 1.807) is 13.8 Å². The maximum atomic E-state index is 12.0. The van der Waals surface area contributed by atoms with Gasteiger partial charge in [0.15, 0.2) is 9.84 Å². The smallest absolute Gasteiger partial charge is 0.156 e. The van der Waals surface area contributed by atoms with Crippen LogP contribution in [0.3, 0.4) is 0 Å². The topological polar surface area (TPSA) is 60.2 Å². The van der Waals surface area contributed by atoms with Gasteiger partial charge in [-0.1, -0.05) is 23.8 Å². The molecule has 0 spiro atoms. The highest BCUT2D eigenvalue weighted by molar-refractivity contribution is 7.90. The minimum atomic E-state index is -3.16. The van der Waals surface area contributed by atoms with Crippen molar-refractivity contribution in [1.82, 2.24) is 0 Å². The van der Waals surface area contributed by atoms with Crippen LogP contribution in [0.1, 0.15) is 30.5 Å². The zero-order valence-electron chi connectivity index (χ0n) is 10.9. The molecule has 0 saturated heterocycles. The first kappa shape index (κ1) is 14.2. The largest absolute Gasteiger partial charge is 0.325 e. The molecule has 0 unspecified atom stereocenters. The highest BCUT2D eigenvalue weighted by Gasteiger charge is 2.22. The van der Waals surface area contributed by atoms with E-state index in [0.29, 0.717) is 0 Å². The SMILES string of the molecule is Cc1ccc(C)c(CS(=O)(=O)CC(C)(C)N)c1. The van der Waals surface area contributed by atoms with Crippen molar-refractivity contribution in [3.8, 4) is 0 Å². The average molecular weight is 255 g/mol.